The number of ether oxygens (including phenoxy) is 1. The summed E-state index contributed by atoms with van der Waals surface area (Å²) in [6.45, 7) is 0.301. The van der Waals surface area contributed by atoms with Crippen LogP contribution < -0.4 is 5.32 Å². The average Bonchev–Trinajstić information content (AvgIpc) is 2.65. The molecule has 5 heteroatoms. The summed E-state index contributed by atoms with van der Waals surface area (Å²) in [4.78, 5) is 10.8. The van der Waals surface area contributed by atoms with Crippen molar-refractivity contribution < 1.29 is 9.53 Å². The van der Waals surface area contributed by atoms with Crippen molar-refractivity contribution in [2.75, 3.05) is 6.61 Å². The minimum Gasteiger partial charge on any atom is -0.447 e. The van der Waals surface area contributed by atoms with Crippen LogP contribution in [0, 0.1) is 0 Å². The van der Waals surface area contributed by atoms with Crippen molar-refractivity contribution >= 4 is 29.3 Å². The summed E-state index contributed by atoms with van der Waals surface area (Å²) in [7, 11) is 0. The lowest BCUT2D eigenvalue weighted by Gasteiger charge is -2.14. The SMILES string of the molecule is O=C1N[C@@H]([C@@H](Cl)c2ccc(Cl)cc2)CO1. The van der Waals surface area contributed by atoms with Crippen LogP contribution in [0.2, 0.25) is 5.02 Å². The molecule has 0 radical (unpaired) electrons. The van der Waals surface area contributed by atoms with E-state index in [2.05, 4.69) is 5.32 Å². The number of hydrogen-bond acceptors (Lipinski definition) is 2. The van der Waals surface area contributed by atoms with Crippen molar-refractivity contribution in [3.05, 3.63) is 34.9 Å². The van der Waals surface area contributed by atoms with Crippen molar-refractivity contribution in [2.45, 2.75) is 11.4 Å². The summed E-state index contributed by atoms with van der Waals surface area (Å²) in [5.41, 5.74) is 0.914. The Morgan fingerprint density at radius 1 is 1.40 bits per heavy atom. The molecule has 15 heavy (non-hydrogen) atoms. The van der Waals surface area contributed by atoms with Gasteiger partial charge in [0.05, 0.1) is 11.4 Å². The first kappa shape index (κ1) is 10.6. The van der Waals surface area contributed by atoms with Crippen LogP contribution in [-0.4, -0.2) is 18.7 Å². The summed E-state index contributed by atoms with van der Waals surface area (Å²) in [6, 6.07) is 7.03. The zero-order chi connectivity index (χ0) is 10.8. The number of carbonyl (C=O) groups excluding carboxylic acids is 1. The predicted molar refractivity (Wildman–Crippen MR) is 58.3 cm³/mol. The van der Waals surface area contributed by atoms with Gasteiger partial charge in [-0.3, -0.25) is 0 Å². The van der Waals surface area contributed by atoms with E-state index in [1.165, 1.54) is 0 Å². The second-order valence-corrected chi connectivity index (χ2v) is 4.21. The molecule has 0 aliphatic carbocycles. The largest absolute Gasteiger partial charge is 0.447 e. The number of alkyl halides is 1. The van der Waals surface area contributed by atoms with Gasteiger partial charge in [-0.15, -0.1) is 11.6 Å². The van der Waals surface area contributed by atoms with E-state index in [9.17, 15) is 4.79 Å². The molecule has 1 aliphatic rings. The third-order valence-corrected chi connectivity index (χ3v) is 3.05. The van der Waals surface area contributed by atoms with Gasteiger partial charge in [-0.05, 0) is 17.7 Å². The quantitative estimate of drug-likeness (QED) is 0.814. The van der Waals surface area contributed by atoms with Crippen LogP contribution >= 0.6 is 23.2 Å². The molecular weight excluding hydrogens is 237 g/mol. The second kappa shape index (κ2) is 4.29. The minimum absolute atomic E-state index is 0.180. The van der Waals surface area contributed by atoms with Gasteiger partial charge in [-0.1, -0.05) is 23.7 Å². The molecule has 0 spiro atoms. The van der Waals surface area contributed by atoms with Crippen LogP contribution in [0.3, 0.4) is 0 Å². The zero-order valence-electron chi connectivity index (χ0n) is 7.74. The monoisotopic (exact) mass is 245 g/mol. The fraction of sp³-hybridized carbons (Fsp3) is 0.300. The highest BCUT2D eigenvalue weighted by Gasteiger charge is 2.29. The molecule has 80 valence electrons. The van der Waals surface area contributed by atoms with E-state index in [1.54, 1.807) is 12.1 Å². The fourth-order valence-electron chi connectivity index (χ4n) is 1.44. The number of nitrogens with one attached hydrogen (secondary N) is 1. The van der Waals surface area contributed by atoms with Crippen molar-refractivity contribution in [3.8, 4) is 0 Å². The first-order valence-corrected chi connectivity index (χ1v) is 5.31. The maximum absolute atomic E-state index is 10.8. The van der Waals surface area contributed by atoms with Gasteiger partial charge in [0.15, 0.2) is 0 Å². The molecule has 1 aromatic carbocycles. The van der Waals surface area contributed by atoms with Crippen LogP contribution in [0.5, 0.6) is 0 Å². The lowest BCUT2D eigenvalue weighted by atomic mass is 10.1. The maximum atomic E-state index is 10.8. The van der Waals surface area contributed by atoms with E-state index in [-0.39, 0.29) is 11.4 Å². The van der Waals surface area contributed by atoms with Crippen LogP contribution in [0.4, 0.5) is 4.79 Å². The van der Waals surface area contributed by atoms with Crippen LogP contribution in [-0.2, 0) is 4.74 Å². The first-order chi connectivity index (χ1) is 7.16. The minimum atomic E-state index is -0.417. The smallest absolute Gasteiger partial charge is 0.407 e. The third-order valence-electron chi connectivity index (χ3n) is 2.24. The Morgan fingerprint density at radius 2 is 2.07 bits per heavy atom. The van der Waals surface area contributed by atoms with Gasteiger partial charge in [0.2, 0.25) is 0 Å². The van der Waals surface area contributed by atoms with E-state index in [0.717, 1.165) is 5.56 Å². The molecule has 1 saturated heterocycles. The molecule has 0 bridgehead atoms. The highest BCUT2D eigenvalue weighted by atomic mass is 35.5. The highest BCUT2D eigenvalue weighted by Crippen LogP contribution is 2.27. The number of amides is 1. The predicted octanol–water partition coefficient (Wildman–Crippen LogP) is 2.73. The molecular formula is C10H9Cl2NO2. The van der Waals surface area contributed by atoms with Crippen LogP contribution in [0.25, 0.3) is 0 Å². The molecule has 0 saturated carbocycles. The van der Waals surface area contributed by atoms with Crippen molar-refractivity contribution in [1.29, 1.82) is 0 Å². The van der Waals surface area contributed by atoms with Gasteiger partial charge < -0.3 is 10.1 Å². The summed E-state index contributed by atoms with van der Waals surface area (Å²) >= 11 is 12.0. The molecule has 1 heterocycles. The lowest BCUT2D eigenvalue weighted by Crippen LogP contribution is -2.30. The van der Waals surface area contributed by atoms with Crippen LogP contribution in [0.1, 0.15) is 10.9 Å². The van der Waals surface area contributed by atoms with Crippen molar-refractivity contribution in [2.24, 2.45) is 0 Å². The fourth-order valence-corrected chi connectivity index (χ4v) is 1.84. The number of benzene rings is 1. The number of carbonyl (C=O) groups is 1. The van der Waals surface area contributed by atoms with E-state index in [0.29, 0.717) is 11.6 Å². The molecule has 0 aromatic heterocycles. The topological polar surface area (TPSA) is 38.3 Å². The van der Waals surface area contributed by atoms with E-state index in [1.807, 2.05) is 12.1 Å². The Morgan fingerprint density at radius 3 is 2.60 bits per heavy atom. The van der Waals surface area contributed by atoms with Crippen molar-refractivity contribution in [3.63, 3.8) is 0 Å². The molecule has 2 atom stereocenters. The number of hydrogen-bond donors (Lipinski definition) is 1. The van der Waals surface area contributed by atoms with Gasteiger partial charge in [0.1, 0.15) is 6.61 Å². The molecule has 1 amide bonds. The van der Waals surface area contributed by atoms with Crippen molar-refractivity contribution in [1.82, 2.24) is 5.32 Å². The lowest BCUT2D eigenvalue weighted by molar-refractivity contribution is 0.176. The Balaban J connectivity index is 2.10. The van der Waals surface area contributed by atoms with Gasteiger partial charge in [-0.2, -0.15) is 0 Å². The summed E-state index contributed by atoms with van der Waals surface area (Å²) < 4.78 is 4.77. The highest BCUT2D eigenvalue weighted by molar-refractivity contribution is 6.30. The third kappa shape index (κ3) is 2.36. The molecule has 2 rings (SSSR count). The average molecular weight is 246 g/mol. The number of cyclic esters (lactones) is 1. The summed E-state index contributed by atoms with van der Waals surface area (Å²) in [5, 5.41) is 3.00. The second-order valence-electron chi connectivity index (χ2n) is 3.30. The Labute approximate surface area is 97.3 Å². The molecule has 1 N–H and O–H groups in total. The molecule has 1 aliphatic heterocycles. The standard InChI is InChI=1S/C10H9Cl2NO2/c11-7-3-1-6(2-4-7)9(12)8-5-15-10(14)13-8/h1-4,8-9H,5H2,(H,13,14)/t8-,9+/m1/s1. The van der Waals surface area contributed by atoms with Gasteiger partial charge in [0, 0.05) is 5.02 Å². The van der Waals surface area contributed by atoms with Gasteiger partial charge in [-0.25, -0.2) is 4.79 Å². The molecule has 1 aromatic rings. The molecule has 0 unspecified atom stereocenters. The van der Waals surface area contributed by atoms with Gasteiger partial charge >= 0.3 is 6.09 Å². The zero-order valence-corrected chi connectivity index (χ0v) is 9.26. The normalized spacial score (nSPS) is 22.0. The van der Waals surface area contributed by atoms with Gasteiger partial charge in [0.25, 0.3) is 0 Å². The van der Waals surface area contributed by atoms with E-state index >= 15 is 0 Å². The molecule has 1 fully saturated rings. The maximum Gasteiger partial charge on any atom is 0.407 e. The summed E-state index contributed by atoms with van der Waals surface area (Å²) in [5.74, 6) is 0. The Bertz CT molecular complexity index is 366. The number of rotatable bonds is 2. The number of alkyl carbamates (subject to hydrolysis) is 1. The first-order valence-electron chi connectivity index (χ1n) is 4.49. The number of halogens is 2. The van der Waals surface area contributed by atoms with E-state index < -0.39 is 6.09 Å². The van der Waals surface area contributed by atoms with E-state index in [4.69, 9.17) is 27.9 Å². The Kier molecular flexibility index (Phi) is 3.03. The Hall–Kier alpha value is -0.930. The molecule has 3 nitrogen and oxygen atoms in total. The summed E-state index contributed by atoms with van der Waals surface area (Å²) in [6.07, 6.45) is -0.417. The van der Waals surface area contributed by atoms with Crippen LogP contribution in [0.15, 0.2) is 24.3 Å².